The van der Waals surface area contributed by atoms with Gasteiger partial charge in [-0.1, -0.05) is 45.2 Å². The predicted molar refractivity (Wildman–Crippen MR) is 72.8 cm³/mol. The van der Waals surface area contributed by atoms with Crippen molar-refractivity contribution in [2.75, 3.05) is 5.32 Å². The minimum absolute atomic E-state index is 0.193. The summed E-state index contributed by atoms with van der Waals surface area (Å²) in [5, 5.41) is 3.61. The molecule has 0 aliphatic heterocycles. The van der Waals surface area contributed by atoms with E-state index in [0.717, 1.165) is 5.56 Å². The molecular weight excluding hydrogens is 313 g/mol. The molecule has 0 atom stereocenters. The minimum Gasteiger partial charge on any atom is -0.322 e. The SMILES string of the molecule is Cc1ccc(Cl)c(NC(=O)C(C)(C)Br)c1Cl. The van der Waals surface area contributed by atoms with E-state index in [-0.39, 0.29) is 5.91 Å². The highest BCUT2D eigenvalue weighted by Crippen LogP contribution is 2.34. The summed E-state index contributed by atoms with van der Waals surface area (Å²) in [4.78, 5) is 11.8. The Labute approximate surface area is 113 Å². The lowest BCUT2D eigenvalue weighted by atomic mass is 10.1. The van der Waals surface area contributed by atoms with Crippen molar-refractivity contribution in [2.45, 2.75) is 25.1 Å². The Kier molecular flexibility index (Phi) is 4.27. The fourth-order valence-corrected chi connectivity index (χ4v) is 1.60. The topological polar surface area (TPSA) is 29.1 Å². The molecule has 1 amide bonds. The van der Waals surface area contributed by atoms with Gasteiger partial charge in [-0.05, 0) is 32.4 Å². The van der Waals surface area contributed by atoms with Gasteiger partial charge in [0.2, 0.25) is 5.91 Å². The molecular formula is C11H12BrCl2NO. The molecule has 16 heavy (non-hydrogen) atoms. The molecule has 0 aliphatic carbocycles. The summed E-state index contributed by atoms with van der Waals surface area (Å²) in [6.45, 7) is 5.35. The van der Waals surface area contributed by atoms with Gasteiger partial charge in [0.05, 0.1) is 20.1 Å². The van der Waals surface area contributed by atoms with Gasteiger partial charge in [-0.15, -0.1) is 0 Å². The molecule has 1 aromatic rings. The van der Waals surface area contributed by atoms with Crippen molar-refractivity contribution in [3.63, 3.8) is 0 Å². The normalized spacial score (nSPS) is 11.4. The molecule has 1 rings (SSSR count). The molecule has 1 aromatic carbocycles. The highest BCUT2D eigenvalue weighted by Gasteiger charge is 2.25. The van der Waals surface area contributed by atoms with E-state index in [2.05, 4.69) is 21.2 Å². The average molecular weight is 325 g/mol. The van der Waals surface area contributed by atoms with Crippen LogP contribution in [-0.2, 0) is 4.79 Å². The van der Waals surface area contributed by atoms with Crippen LogP contribution in [0.15, 0.2) is 12.1 Å². The molecule has 1 N–H and O–H groups in total. The van der Waals surface area contributed by atoms with Gasteiger partial charge in [0.15, 0.2) is 0 Å². The highest BCUT2D eigenvalue weighted by molar-refractivity contribution is 9.10. The number of rotatable bonds is 2. The Hall–Kier alpha value is -0.250. The zero-order valence-corrected chi connectivity index (χ0v) is 12.3. The average Bonchev–Trinajstić information content (AvgIpc) is 2.17. The van der Waals surface area contributed by atoms with Crippen LogP contribution in [0.3, 0.4) is 0 Å². The van der Waals surface area contributed by atoms with Crippen LogP contribution in [0.2, 0.25) is 10.0 Å². The molecule has 0 saturated heterocycles. The second-order valence-corrected chi connectivity index (χ2v) is 6.75. The van der Waals surface area contributed by atoms with Crippen molar-refractivity contribution in [3.8, 4) is 0 Å². The van der Waals surface area contributed by atoms with Crippen LogP contribution in [0.1, 0.15) is 19.4 Å². The van der Waals surface area contributed by atoms with Crippen LogP contribution < -0.4 is 5.32 Å². The van der Waals surface area contributed by atoms with E-state index >= 15 is 0 Å². The van der Waals surface area contributed by atoms with Crippen molar-refractivity contribution >= 4 is 50.7 Å². The molecule has 0 bridgehead atoms. The number of hydrogen-bond donors (Lipinski definition) is 1. The summed E-state index contributed by atoms with van der Waals surface area (Å²) in [6, 6.07) is 3.51. The fraction of sp³-hybridized carbons (Fsp3) is 0.364. The van der Waals surface area contributed by atoms with E-state index in [9.17, 15) is 4.79 Å². The molecule has 0 aliphatic rings. The molecule has 88 valence electrons. The minimum atomic E-state index is -0.663. The lowest BCUT2D eigenvalue weighted by Crippen LogP contribution is -2.31. The maximum absolute atomic E-state index is 11.8. The number of carbonyl (C=O) groups excluding carboxylic acids is 1. The van der Waals surface area contributed by atoms with Crippen molar-refractivity contribution in [2.24, 2.45) is 0 Å². The Morgan fingerprint density at radius 1 is 1.38 bits per heavy atom. The van der Waals surface area contributed by atoms with Gasteiger partial charge in [-0.2, -0.15) is 0 Å². The fourth-order valence-electron chi connectivity index (χ4n) is 1.03. The largest absolute Gasteiger partial charge is 0.322 e. The second-order valence-electron chi connectivity index (χ2n) is 3.98. The van der Waals surface area contributed by atoms with Gasteiger partial charge in [0.1, 0.15) is 0 Å². The molecule has 0 radical (unpaired) electrons. The first-order valence-corrected chi connectivity index (χ1v) is 6.23. The van der Waals surface area contributed by atoms with E-state index in [0.29, 0.717) is 15.7 Å². The van der Waals surface area contributed by atoms with Gasteiger partial charge in [0.25, 0.3) is 0 Å². The summed E-state index contributed by atoms with van der Waals surface area (Å²) >= 11 is 15.3. The van der Waals surface area contributed by atoms with Gasteiger partial charge in [0, 0.05) is 0 Å². The zero-order valence-electron chi connectivity index (χ0n) is 9.20. The lowest BCUT2D eigenvalue weighted by molar-refractivity contribution is -0.117. The summed E-state index contributed by atoms with van der Waals surface area (Å²) in [7, 11) is 0. The maximum Gasteiger partial charge on any atom is 0.240 e. The Morgan fingerprint density at radius 3 is 2.44 bits per heavy atom. The zero-order chi connectivity index (χ0) is 12.5. The third-order valence-corrected chi connectivity index (χ3v) is 3.22. The van der Waals surface area contributed by atoms with E-state index < -0.39 is 4.32 Å². The first kappa shape index (κ1) is 13.8. The van der Waals surface area contributed by atoms with Crippen molar-refractivity contribution in [1.29, 1.82) is 0 Å². The maximum atomic E-state index is 11.8. The van der Waals surface area contributed by atoms with Gasteiger partial charge in [-0.25, -0.2) is 0 Å². The number of aryl methyl sites for hydroxylation is 1. The predicted octanol–water partition coefficient (Wildman–Crippen LogP) is 4.41. The molecule has 5 heteroatoms. The number of amides is 1. The Morgan fingerprint density at radius 2 is 1.94 bits per heavy atom. The van der Waals surface area contributed by atoms with Gasteiger partial charge in [-0.3, -0.25) is 4.79 Å². The van der Waals surface area contributed by atoms with E-state index in [1.165, 1.54) is 0 Å². The first-order chi connectivity index (χ1) is 7.23. The van der Waals surface area contributed by atoms with Crippen LogP contribution in [-0.4, -0.2) is 10.2 Å². The number of alkyl halides is 1. The Bertz CT molecular complexity index is 427. The lowest BCUT2D eigenvalue weighted by Gasteiger charge is -2.18. The van der Waals surface area contributed by atoms with Gasteiger partial charge >= 0.3 is 0 Å². The number of nitrogens with one attached hydrogen (secondary N) is 1. The quantitative estimate of drug-likeness (QED) is 0.802. The number of halogens is 3. The van der Waals surface area contributed by atoms with Crippen LogP contribution in [0.25, 0.3) is 0 Å². The number of anilines is 1. The molecule has 0 spiro atoms. The molecule has 0 heterocycles. The smallest absolute Gasteiger partial charge is 0.240 e. The monoisotopic (exact) mass is 323 g/mol. The molecule has 0 unspecified atom stereocenters. The molecule has 0 aromatic heterocycles. The number of carbonyl (C=O) groups is 1. The third-order valence-electron chi connectivity index (χ3n) is 2.06. The van der Waals surface area contributed by atoms with Crippen LogP contribution in [0, 0.1) is 6.92 Å². The van der Waals surface area contributed by atoms with Crippen LogP contribution >= 0.6 is 39.1 Å². The summed E-state index contributed by atoms with van der Waals surface area (Å²) < 4.78 is -0.663. The molecule has 0 fully saturated rings. The van der Waals surface area contributed by atoms with E-state index in [1.54, 1.807) is 26.0 Å². The van der Waals surface area contributed by atoms with E-state index in [1.807, 2.05) is 6.92 Å². The summed E-state index contributed by atoms with van der Waals surface area (Å²) in [5.74, 6) is -0.193. The first-order valence-electron chi connectivity index (χ1n) is 4.68. The second kappa shape index (κ2) is 4.94. The third kappa shape index (κ3) is 3.12. The number of hydrogen-bond acceptors (Lipinski definition) is 1. The summed E-state index contributed by atoms with van der Waals surface area (Å²) in [6.07, 6.45) is 0. The van der Waals surface area contributed by atoms with Crippen molar-refractivity contribution in [3.05, 3.63) is 27.7 Å². The summed E-state index contributed by atoms with van der Waals surface area (Å²) in [5.41, 5.74) is 1.33. The van der Waals surface area contributed by atoms with Crippen molar-refractivity contribution in [1.82, 2.24) is 0 Å². The number of benzene rings is 1. The van der Waals surface area contributed by atoms with E-state index in [4.69, 9.17) is 23.2 Å². The standard InChI is InChI=1S/C11H12BrCl2NO/c1-6-4-5-7(13)9(8(6)14)15-10(16)11(2,3)12/h4-5H,1-3H3,(H,15,16). The molecule has 2 nitrogen and oxygen atoms in total. The highest BCUT2D eigenvalue weighted by atomic mass is 79.9. The van der Waals surface area contributed by atoms with Crippen molar-refractivity contribution < 1.29 is 4.79 Å². The van der Waals surface area contributed by atoms with Crippen LogP contribution in [0.5, 0.6) is 0 Å². The van der Waals surface area contributed by atoms with Gasteiger partial charge < -0.3 is 5.32 Å². The van der Waals surface area contributed by atoms with Crippen LogP contribution in [0.4, 0.5) is 5.69 Å². The Balaban J connectivity index is 3.07. The molecule has 0 saturated carbocycles.